The zero-order chi connectivity index (χ0) is 16.2. The molecule has 2 bridgehead atoms. The average Bonchev–Trinajstić information content (AvgIpc) is 3.29. The van der Waals surface area contributed by atoms with Gasteiger partial charge in [-0.2, -0.15) is 0 Å². The van der Waals surface area contributed by atoms with Crippen LogP contribution >= 0.6 is 11.3 Å². The number of carbonyl (C=O) groups is 1. The fourth-order valence-electron chi connectivity index (χ4n) is 4.24. The van der Waals surface area contributed by atoms with E-state index in [4.69, 9.17) is 0 Å². The van der Waals surface area contributed by atoms with E-state index in [1.165, 1.54) is 49.9 Å². The van der Waals surface area contributed by atoms with E-state index in [0.29, 0.717) is 15.0 Å². The Balaban J connectivity index is 1.35. The Morgan fingerprint density at radius 1 is 1.30 bits per heavy atom. The maximum absolute atomic E-state index is 12.1. The van der Waals surface area contributed by atoms with Crippen molar-refractivity contribution in [3.05, 3.63) is 11.1 Å². The summed E-state index contributed by atoms with van der Waals surface area (Å²) in [6.07, 6.45) is 11.0. The third-order valence-electron chi connectivity index (χ3n) is 5.44. The SMILES string of the molecule is CCS(=O)c1ncc(C(=O)NCCCCC2C3CCC2CC3)s1. The van der Waals surface area contributed by atoms with Crippen LogP contribution in [0.1, 0.15) is 61.5 Å². The van der Waals surface area contributed by atoms with Crippen molar-refractivity contribution in [3.8, 4) is 0 Å². The summed E-state index contributed by atoms with van der Waals surface area (Å²) in [5.74, 6) is 3.44. The van der Waals surface area contributed by atoms with Crippen molar-refractivity contribution in [2.45, 2.75) is 56.2 Å². The van der Waals surface area contributed by atoms with Gasteiger partial charge in [0.25, 0.3) is 5.91 Å². The van der Waals surface area contributed by atoms with Crippen LogP contribution in [-0.2, 0) is 10.8 Å². The predicted molar refractivity (Wildman–Crippen MR) is 94.2 cm³/mol. The predicted octanol–water partition coefficient (Wildman–Crippen LogP) is 3.61. The highest BCUT2D eigenvalue weighted by atomic mass is 32.2. The van der Waals surface area contributed by atoms with E-state index < -0.39 is 10.8 Å². The van der Waals surface area contributed by atoms with Crippen LogP contribution in [0.3, 0.4) is 0 Å². The van der Waals surface area contributed by atoms with Crippen LogP contribution in [-0.4, -0.2) is 27.4 Å². The number of hydrogen-bond donors (Lipinski definition) is 1. The number of carbonyl (C=O) groups excluding carboxylic acids is 1. The minimum atomic E-state index is -1.07. The number of aromatic nitrogens is 1. The number of nitrogens with zero attached hydrogens (tertiary/aromatic N) is 1. The van der Waals surface area contributed by atoms with Crippen molar-refractivity contribution >= 4 is 28.0 Å². The molecule has 0 spiro atoms. The Labute approximate surface area is 144 Å². The fraction of sp³-hybridized carbons (Fsp3) is 0.765. The van der Waals surface area contributed by atoms with E-state index in [1.807, 2.05) is 6.92 Å². The van der Waals surface area contributed by atoms with Crippen molar-refractivity contribution < 1.29 is 9.00 Å². The molecule has 0 aromatic carbocycles. The van der Waals surface area contributed by atoms with Crippen LogP contribution in [0.4, 0.5) is 0 Å². The van der Waals surface area contributed by atoms with E-state index in [1.54, 1.807) is 6.20 Å². The maximum Gasteiger partial charge on any atom is 0.263 e. The van der Waals surface area contributed by atoms with Crippen LogP contribution in [0.5, 0.6) is 0 Å². The molecule has 1 N–H and O–H groups in total. The smallest absolute Gasteiger partial charge is 0.263 e. The summed E-state index contributed by atoms with van der Waals surface area (Å²) < 4.78 is 12.2. The Kier molecular flexibility index (Phi) is 5.85. The van der Waals surface area contributed by atoms with E-state index in [0.717, 1.165) is 30.7 Å². The van der Waals surface area contributed by atoms with Crippen molar-refractivity contribution in [2.75, 3.05) is 12.3 Å². The van der Waals surface area contributed by atoms with Crippen molar-refractivity contribution in [1.82, 2.24) is 10.3 Å². The lowest BCUT2D eigenvalue weighted by molar-refractivity contribution is 0.0956. The molecule has 4 nitrogen and oxygen atoms in total. The molecule has 0 aliphatic heterocycles. The van der Waals surface area contributed by atoms with Gasteiger partial charge in [-0.3, -0.25) is 9.00 Å². The van der Waals surface area contributed by atoms with E-state index in [-0.39, 0.29) is 5.91 Å². The van der Waals surface area contributed by atoms with Gasteiger partial charge in [-0.25, -0.2) is 4.98 Å². The molecule has 2 fully saturated rings. The Morgan fingerprint density at radius 3 is 2.65 bits per heavy atom. The topological polar surface area (TPSA) is 59.1 Å². The molecule has 1 heterocycles. The second kappa shape index (κ2) is 7.88. The molecule has 1 amide bonds. The third kappa shape index (κ3) is 4.02. The maximum atomic E-state index is 12.1. The van der Waals surface area contributed by atoms with Crippen molar-refractivity contribution in [1.29, 1.82) is 0 Å². The summed E-state index contributed by atoms with van der Waals surface area (Å²) in [6, 6.07) is 0. The van der Waals surface area contributed by atoms with Crippen molar-refractivity contribution in [2.24, 2.45) is 17.8 Å². The molecule has 23 heavy (non-hydrogen) atoms. The standard InChI is InChI=1S/C17H26N2O2S2/c1-2-23(21)17-19-11-15(22-17)16(20)18-10-4-3-5-14-12-6-7-13(14)9-8-12/h11-14H,2-10H2,1H3,(H,18,20). The minimum absolute atomic E-state index is 0.0808. The lowest BCUT2D eigenvalue weighted by Gasteiger charge is -2.14. The first-order valence-electron chi connectivity index (χ1n) is 8.81. The molecule has 6 heteroatoms. The highest BCUT2D eigenvalue weighted by molar-refractivity contribution is 7.87. The summed E-state index contributed by atoms with van der Waals surface area (Å²) in [6.45, 7) is 2.58. The molecule has 1 unspecified atom stereocenters. The summed E-state index contributed by atoms with van der Waals surface area (Å²) in [5, 5.41) is 2.97. The van der Waals surface area contributed by atoms with Gasteiger partial charge in [-0.1, -0.05) is 13.3 Å². The van der Waals surface area contributed by atoms with Gasteiger partial charge in [0.05, 0.1) is 17.0 Å². The highest BCUT2D eigenvalue weighted by Crippen LogP contribution is 2.51. The summed E-state index contributed by atoms with van der Waals surface area (Å²) in [4.78, 5) is 16.7. The summed E-state index contributed by atoms with van der Waals surface area (Å²) >= 11 is 1.24. The average molecular weight is 355 g/mol. The molecule has 1 aromatic rings. The first-order valence-corrected chi connectivity index (χ1v) is 10.9. The van der Waals surface area contributed by atoms with E-state index in [9.17, 15) is 9.00 Å². The number of nitrogens with one attached hydrogen (secondary N) is 1. The summed E-state index contributed by atoms with van der Waals surface area (Å²) in [5.41, 5.74) is 0. The Hall–Kier alpha value is -0.750. The molecular formula is C17H26N2O2S2. The molecule has 128 valence electrons. The van der Waals surface area contributed by atoms with Gasteiger partial charge in [-0.05, 0) is 56.3 Å². The lowest BCUT2D eigenvalue weighted by atomic mass is 9.92. The second-order valence-electron chi connectivity index (χ2n) is 6.72. The van der Waals surface area contributed by atoms with Gasteiger partial charge in [0.15, 0.2) is 4.34 Å². The molecule has 2 aliphatic carbocycles. The van der Waals surface area contributed by atoms with Crippen LogP contribution in [0.15, 0.2) is 10.5 Å². The van der Waals surface area contributed by atoms with Crippen LogP contribution in [0.25, 0.3) is 0 Å². The third-order valence-corrected chi connectivity index (χ3v) is 8.06. The first-order chi connectivity index (χ1) is 11.2. The molecule has 2 aliphatic rings. The van der Waals surface area contributed by atoms with Gasteiger partial charge >= 0.3 is 0 Å². The number of amides is 1. The molecule has 0 radical (unpaired) electrons. The largest absolute Gasteiger partial charge is 0.351 e. The van der Waals surface area contributed by atoms with Gasteiger partial charge < -0.3 is 5.32 Å². The highest BCUT2D eigenvalue weighted by Gasteiger charge is 2.40. The van der Waals surface area contributed by atoms with Gasteiger partial charge in [0.1, 0.15) is 4.88 Å². The van der Waals surface area contributed by atoms with Gasteiger partial charge in [0, 0.05) is 12.3 Å². The van der Waals surface area contributed by atoms with E-state index >= 15 is 0 Å². The van der Waals surface area contributed by atoms with Gasteiger partial charge in [0.2, 0.25) is 0 Å². The molecular weight excluding hydrogens is 328 g/mol. The molecule has 1 atom stereocenters. The number of fused-ring (bicyclic) bond motifs is 2. The number of unbranched alkanes of at least 4 members (excludes halogenated alkanes) is 1. The molecule has 3 rings (SSSR count). The molecule has 2 saturated carbocycles. The number of hydrogen-bond acceptors (Lipinski definition) is 4. The van der Waals surface area contributed by atoms with Gasteiger partial charge in [-0.15, -0.1) is 11.3 Å². The minimum Gasteiger partial charge on any atom is -0.351 e. The van der Waals surface area contributed by atoms with Crippen LogP contribution in [0.2, 0.25) is 0 Å². The lowest BCUT2D eigenvalue weighted by Crippen LogP contribution is -2.23. The summed E-state index contributed by atoms with van der Waals surface area (Å²) in [7, 11) is -1.07. The number of rotatable bonds is 8. The second-order valence-corrected chi connectivity index (χ2v) is 9.66. The van der Waals surface area contributed by atoms with Crippen molar-refractivity contribution in [3.63, 3.8) is 0 Å². The van der Waals surface area contributed by atoms with E-state index in [2.05, 4.69) is 10.3 Å². The zero-order valence-corrected chi connectivity index (χ0v) is 15.4. The zero-order valence-electron chi connectivity index (χ0n) is 13.8. The molecule has 0 saturated heterocycles. The number of thiazole rings is 1. The quantitative estimate of drug-likeness (QED) is 0.726. The Morgan fingerprint density at radius 2 is 2.00 bits per heavy atom. The first kappa shape index (κ1) is 17.1. The fourth-order valence-corrected chi connectivity index (χ4v) is 6.22. The van der Waals surface area contributed by atoms with Crippen LogP contribution in [0, 0.1) is 17.8 Å². The van der Waals surface area contributed by atoms with Crippen LogP contribution < -0.4 is 5.32 Å². The molecule has 1 aromatic heterocycles. The Bertz CT molecular complexity index is 553. The monoisotopic (exact) mass is 354 g/mol. The normalized spacial score (nSPS) is 27.3.